The Labute approximate surface area is 227 Å². The van der Waals surface area contributed by atoms with Gasteiger partial charge in [0.2, 0.25) is 5.43 Å². The van der Waals surface area contributed by atoms with Gasteiger partial charge in [-0.05, 0) is 52.0 Å². The molecule has 0 saturated carbocycles. The Kier molecular flexibility index (Phi) is 8.70. The second-order valence-corrected chi connectivity index (χ2v) is 9.17. The van der Waals surface area contributed by atoms with Crippen LogP contribution in [-0.2, 0) is 11.3 Å². The van der Waals surface area contributed by atoms with Gasteiger partial charge in [0, 0.05) is 23.4 Å². The molecule has 1 heterocycles. The second kappa shape index (κ2) is 11.4. The van der Waals surface area contributed by atoms with Crippen LogP contribution >= 0.6 is 34.8 Å². The zero-order chi connectivity index (χ0) is 27.6. The summed E-state index contributed by atoms with van der Waals surface area (Å²) in [5.41, 5.74) is -1.56. The van der Waals surface area contributed by atoms with E-state index >= 15 is 4.39 Å². The highest BCUT2D eigenvalue weighted by Crippen LogP contribution is 2.35. The van der Waals surface area contributed by atoms with Gasteiger partial charge in [-0.1, -0.05) is 46.8 Å². The number of nitrogens with zero attached hydrogens (tertiary/aromatic N) is 1. The summed E-state index contributed by atoms with van der Waals surface area (Å²) in [7, 11) is 0. The van der Waals surface area contributed by atoms with E-state index in [0.717, 1.165) is 12.1 Å². The molecule has 2 aromatic carbocycles. The first-order valence-electron chi connectivity index (χ1n) is 11.0. The van der Waals surface area contributed by atoms with Crippen molar-refractivity contribution >= 4 is 46.7 Å². The number of carboxylic acids is 1. The number of halogens is 4. The summed E-state index contributed by atoms with van der Waals surface area (Å²) in [5, 5.41) is 10.2. The van der Waals surface area contributed by atoms with Crippen LogP contribution in [0.15, 0.2) is 35.1 Å². The summed E-state index contributed by atoms with van der Waals surface area (Å²) < 4.78 is 22.0. The number of hydrogen-bond acceptors (Lipinski definition) is 4. The third kappa shape index (κ3) is 5.52. The number of carboxylic acid groups (broad SMARTS) is 1. The molecule has 0 aliphatic carbocycles. The van der Waals surface area contributed by atoms with E-state index in [4.69, 9.17) is 39.5 Å². The monoisotopic (exact) mass is 563 g/mol. The first kappa shape index (κ1) is 28.3. The second-order valence-electron chi connectivity index (χ2n) is 7.95. The molecular weight excluding hydrogens is 544 g/mol. The Hall–Kier alpha value is -3.31. The van der Waals surface area contributed by atoms with Crippen LogP contribution in [0.4, 0.5) is 4.39 Å². The third-order valence-electron chi connectivity index (χ3n) is 5.63. The van der Waals surface area contributed by atoms with Crippen LogP contribution in [0.25, 0.3) is 22.4 Å². The molecule has 0 saturated heterocycles. The summed E-state index contributed by atoms with van der Waals surface area (Å²) in [6.07, 6.45) is -0.759. The first-order chi connectivity index (χ1) is 17.4. The van der Waals surface area contributed by atoms with E-state index in [1.807, 2.05) is 0 Å². The summed E-state index contributed by atoms with van der Waals surface area (Å²) in [4.78, 5) is 38.7. The largest absolute Gasteiger partial charge is 0.477 e. The molecule has 1 atom stereocenters. The molecular formula is C27H21Cl3FNO5. The lowest BCUT2D eigenvalue weighted by molar-refractivity contribution is 0.0438. The Morgan fingerprint density at radius 3 is 2.38 bits per heavy atom. The number of pyridine rings is 1. The van der Waals surface area contributed by atoms with Crippen molar-refractivity contribution in [3.05, 3.63) is 78.3 Å². The van der Waals surface area contributed by atoms with Crippen molar-refractivity contribution in [1.82, 2.24) is 4.57 Å². The molecule has 37 heavy (non-hydrogen) atoms. The molecule has 6 nitrogen and oxygen atoms in total. The van der Waals surface area contributed by atoms with Crippen LogP contribution in [-0.4, -0.2) is 27.7 Å². The maximum absolute atomic E-state index is 15.2. The Balaban J connectivity index is 2.37. The van der Waals surface area contributed by atoms with E-state index < -0.39 is 34.9 Å². The predicted molar refractivity (Wildman–Crippen MR) is 142 cm³/mol. The number of ether oxygens (including phenoxy) is 1. The molecule has 3 rings (SSSR count). The molecule has 192 valence electrons. The average Bonchev–Trinajstić information content (AvgIpc) is 2.81. The minimum atomic E-state index is -1.52. The fourth-order valence-corrected chi connectivity index (χ4v) is 4.57. The fraction of sp³-hybridized carbons (Fsp3) is 0.222. The molecule has 0 aliphatic heterocycles. The summed E-state index contributed by atoms with van der Waals surface area (Å²) in [6.45, 7) is 6.66. The highest BCUT2D eigenvalue weighted by molar-refractivity contribution is 6.42. The van der Waals surface area contributed by atoms with Gasteiger partial charge in [0.25, 0.3) is 0 Å². The van der Waals surface area contributed by atoms with Crippen LogP contribution in [0.1, 0.15) is 47.2 Å². The lowest BCUT2D eigenvalue weighted by atomic mass is 9.95. The van der Waals surface area contributed by atoms with Gasteiger partial charge in [-0.25, -0.2) is 14.0 Å². The van der Waals surface area contributed by atoms with Crippen molar-refractivity contribution < 1.29 is 23.8 Å². The molecule has 0 bridgehead atoms. The normalized spacial score (nSPS) is 11.5. The van der Waals surface area contributed by atoms with E-state index in [-0.39, 0.29) is 49.7 Å². The number of hydrogen-bond donors (Lipinski definition) is 1. The minimum Gasteiger partial charge on any atom is -0.477 e. The number of aromatic carboxylic acids is 1. The smallest absolute Gasteiger partial charge is 0.341 e. The lowest BCUT2D eigenvalue weighted by Crippen LogP contribution is -2.25. The molecule has 1 N–H and O–H groups in total. The SMILES string of the molecule is CC#CC(C)OC(=O)c1cc(-c2c(C)n(CC)c(-c3ccc(Cl)c(Cl)c3)c(C(=O)O)c2=O)c(F)cc1Cl. The number of carbonyl (C=O) groups excluding carboxylic acids is 1. The molecule has 3 aromatic rings. The van der Waals surface area contributed by atoms with Gasteiger partial charge in [-0.2, -0.15) is 0 Å². The van der Waals surface area contributed by atoms with Gasteiger partial charge in [0.1, 0.15) is 11.4 Å². The number of carbonyl (C=O) groups is 2. The quantitative estimate of drug-likeness (QED) is 0.261. The summed E-state index contributed by atoms with van der Waals surface area (Å²) in [5.74, 6) is 1.97. The van der Waals surface area contributed by atoms with Gasteiger partial charge in [-0.3, -0.25) is 4.79 Å². The first-order valence-corrected chi connectivity index (χ1v) is 12.1. The van der Waals surface area contributed by atoms with E-state index in [0.29, 0.717) is 5.56 Å². The average molecular weight is 565 g/mol. The highest BCUT2D eigenvalue weighted by Gasteiger charge is 2.28. The summed E-state index contributed by atoms with van der Waals surface area (Å²) in [6, 6.07) is 6.44. The maximum atomic E-state index is 15.2. The predicted octanol–water partition coefficient (Wildman–Crippen LogP) is 6.88. The summed E-state index contributed by atoms with van der Waals surface area (Å²) >= 11 is 18.3. The van der Waals surface area contributed by atoms with Crippen molar-refractivity contribution in [2.75, 3.05) is 0 Å². The molecule has 10 heteroatoms. The number of aromatic nitrogens is 1. The van der Waals surface area contributed by atoms with Crippen LogP contribution in [0.3, 0.4) is 0 Å². The van der Waals surface area contributed by atoms with E-state index in [9.17, 15) is 19.5 Å². The van der Waals surface area contributed by atoms with Crippen molar-refractivity contribution in [3.8, 4) is 34.2 Å². The van der Waals surface area contributed by atoms with Gasteiger partial charge >= 0.3 is 11.9 Å². The molecule has 0 amide bonds. The van der Waals surface area contributed by atoms with E-state index in [1.165, 1.54) is 18.2 Å². The van der Waals surface area contributed by atoms with Crippen LogP contribution in [0.5, 0.6) is 0 Å². The van der Waals surface area contributed by atoms with Crippen molar-refractivity contribution in [1.29, 1.82) is 0 Å². The lowest BCUT2D eigenvalue weighted by Gasteiger charge is -2.22. The number of esters is 1. The third-order valence-corrected chi connectivity index (χ3v) is 6.68. The van der Waals surface area contributed by atoms with E-state index in [1.54, 1.807) is 32.3 Å². The Morgan fingerprint density at radius 2 is 1.81 bits per heavy atom. The minimum absolute atomic E-state index is 0.0841. The van der Waals surface area contributed by atoms with Gasteiger partial charge in [-0.15, -0.1) is 5.92 Å². The van der Waals surface area contributed by atoms with Gasteiger partial charge in [0.15, 0.2) is 6.10 Å². The van der Waals surface area contributed by atoms with Gasteiger partial charge < -0.3 is 14.4 Å². The van der Waals surface area contributed by atoms with Crippen molar-refractivity contribution in [3.63, 3.8) is 0 Å². The van der Waals surface area contributed by atoms with E-state index in [2.05, 4.69) is 11.8 Å². The fourth-order valence-electron chi connectivity index (χ4n) is 4.04. The standard InChI is InChI=1S/C27H21Cl3FNO5/c1-5-7-13(3)37-27(36)16-11-17(21(31)12-19(16)29)22-14(4)32(6-2)24(23(25(22)33)26(34)35)15-8-9-18(28)20(30)10-15/h8-13H,6H2,1-4H3,(H,34,35). The van der Waals surface area contributed by atoms with Crippen LogP contribution < -0.4 is 5.43 Å². The zero-order valence-corrected chi connectivity index (χ0v) is 22.5. The Bertz CT molecular complexity index is 1550. The molecule has 1 aromatic heterocycles. The Morgan fingerprint density at radius 1 is 1.14 bits per heavy atom. The molecule has 0 spiro atoms. The van der Waals surface area contributed by atoms with Crippen LogP contribution in [0, 0.1) is 24.6 Å². The number of rotatable bonds is 6. The van der Waals surface area contributed by atoms with Crippen molar-refractivity contribution in [2.24, 2.45) is 0 Å². The van der Waals surface area contributed by atoms with Crippen molar-refractivity contribution in [2.45, 2.75) is 40.3 Å². The number of benzene rings is 2. The van der Waals surface area contributed by atoms with Gasteiger partial charge in [0.05, 0.1) is 31.9 Å². The highest BCUT2D eigenvalue weighted by atomic mass is 35.5. The maximum Gasteiger partial charge on any atom is 0.341 e. The molecule has 0 fully saturated rings. The molecule has 0 aliphatic rings. The van der Waals surface area contributed by atoms with Crippen LogP contribution in [0.2, 0.25) is 15.1 Å². The molecule has 0 radical (unpaired) electrons. The zero-order valence-electron chi connectivity index (χ0n) is 20.2. The molecule has 1 unspecified atom stereocenters. The topological polar surface area (TPSA) is 85.6 Å².